The van der Waals surface area contributed by atoms with Gasteiger partial charge in [0, 0.05) is 23.6 Å². The second-order valence-electron chi connectivity index (χ2n) is 5.62. The summed E-state index contributed by atoms with van der Waals surface area (Å²) >= 11 is 3.49. The van der Waals surface area contributed by atoms with Crippen LogP contribution >= 0.6 is 15.9 Å². The number of aryl methyl sites for hydroxylation is 1. The van der Waals surface area contributed by atoms with Gasteiger partial charge in [-0.25, -0.2) is 4.79 Å². The van der Waals surface area contributed by atoms with Crippen molar-refractivity contribution in [2.45, 2.75) is 25.8 Å². The zero-order chi connectivity index (χ0) is 14.7. The lowest BCUT2D eigenvalue weighted by Gasteiger charge is -2.36. The number of carbonyl (C=O) groups excluding carboxylic acids is 1. The Balaban J connectivity index is 2.00. The van der Waals surface area contributed by atoms with Gasteiger partial charge in [0.15, 0.2) is 0 Å². The van der Waals surface area contributed by atoms with Gasteiger partial charge < -0.3 is 15.1 Å². The smallest absolute Gasteiger partial charge is 0.321 e. The minimum absolute atomic E-state index is 0.0129. The molecule has 0 aromatic heterocycles. The molecule has 1 fully saturated rings. The Kier molecular flexibility index (Phi) is 5.05. The van der Waals surface area contributed by atoms with Gasteiger partial charge in [0.05, 0.1) is 5.69 Å². The quantitative estimate of drug-likeness (QED) is 0.897. The molecule has 2 rings (SSSR count). The number of amides is 2. The van der Waals surface area contributed by atoms with Crippen LogP contribution in [0, 0.1) is 6.92 Å². The predicted molar refractivity (Wildman–Crippen MR) is 86.2 cm³/mol. The van der Waals surface area contributed by atoms with Gasteiger partial charge >= 0.3 is 6.03 Å². The maximum atomic E-state index is 12.3. The highest BCUT2D eigenvalue weighted by Gasteiger charge is 2.25. The van der Waals surface area contributed by atoms with Crippen LogP contribution in [-0.2, 0) is 0 Å². The van der Waals surface area contributed by atoms with Crippen LogP contribution in [0.5, 0.6) is 0 Å². The molecule has 4 nitrogen and oxygen atoms in total. The number of carbonyl (C=O) groups is 1. The van der Waals surface area contributed by atoms with Crippen LogP contribution in [0.4, 0.5) is 10.5 Å². The Morgan fingerprint density at radius 1 is 1.45 bits per heavy atom. The van der Waals surface area contributed by atoms with Crippen LogP contribution in [-0.4, -0.2) is 49.1 Å². The molecule has 0 saturated carbocycles. The molecule has 1 aliphatic heterocycles. The van der Waals surface area contributed by atoms with Crippen molar-refractivity contribution in [3.05, 3.63) is 28.2 Å². The van der Waals surface area contributed by atoms with Gasteiger partial charge in [-0.2, -0.15) is 0 Å². The van der Waals surface area contributed by atoms with E-state index in [9.17, 15) is 4.79 Å². The fourth-order valence-corrected chi connectivity index (χ4v) is 3.07. The first kappa shape index (κ1) is 15.3. The van der Waals surface area contributed by atoms with Gasteiger partial charge in [-0.15, -0.1) is 0 Å². The maximum absolute atomic E-state index is 12.3. The van der Waals surface area contributed by atoms with Crippen molar-refractivity contribution < 1.29 is 4.79 Å². The van der Waals surface area contributed by atoms with Gasteiger partial charge in [0.25, 0.3) is 0 Å². The molecule has 1 aliphatic rings. The van der Waals surface area contributed by atoms with Crippen molar-refractivity contribution in [1.29, 1.82) is 0 Å². The summed E-state index contributed by atoms with van der Waals surface area (Å²) in [4.78, 5) is 16.4. The first-order valence-corrected chi connectivity index (χ1v) is 7.75. The highest BCUT2D eigenvalue weighted by Crippen LogP contribution is 2.24. The van der Waals surface area contributed by atoms with E-state index in [4.69, 9.17) is 0 Å². The lowest BCUT2D eigenvalue weighted by Crippen LogP contribution is -2.48. The first-order valence-electron chi connectivity index (χ1n) is 6.96. The molecule has 0 unspecified atom stereocenters. The second-order valence-corrected chi connectivity index (χ2v) is 6.47. The fourth-order valence-electron chi connectivity index (χ4n) is 2.48. The van der Waals surface area contributed by atoms with Crippen molar-refractivity contribution >= 4 is 27.6 Å². The van der Waals surface area contributed by atoms with E-state index in [2.05, 4.69) is 40.2 Å². The summed E-state index contributed by atoms with van der Waals surface area (Å²) in [5.74, 6) is 0. The summed E-state index contributed by atoms with van der Waals surface area (Å²) in [6.45, 7) is 3.66. The molecule has 1 heterocycles. The van der Waals surface area contributed by atoms with Crippen LogP contribution < -0.4 is 5.32 Å². The number of hydrogen-bond donors (Lipinski definition) is 1. The van der Waals surface area contributed by atoms with Gasteiger partial charge in [0.1, 0.15) is 0 Å². The summed E-state index contributed by atoms with van der Waals surface area (Å²) in [6.07, 6.45) is 2.22. The largest absolute Gasteiger partial charge is 0.323 e. The molecule has 1 saturated heterocycles. The number of rotatable bonds is 2. The summed E-state index contributed by atoms with van der Waals surface area (Å²) in [5, 5.41) is 2.99. The molecule has 1 atom stereocenters. The van der Waals surface area contributed by atoms with Crippen molar-refractivity contribution in [3.63, 3.8) is 0 Å². The number of benzene rings is 1. The number of likely N-dealkylation sites (tertiary alicyclic amines) is 1. The Hall–Kier alpha value is -1.07. The molecule has 0 radical (unpaired) electrons. The van der Waals surface area contributed by atoms with E-state index < -0.39 is 0 Å². The maximum Gasteiger partial charge on any atom is 0.321 e. The van der Waals surface area contributed by atoms with Crippen molar-refractivity contribution in [2.75, 3.05) is 32.5 Å². The highest BCUT2D eigenvalue weighted by molar-refractivity contribution is 9.10. The van der Waals surface area contributed by atoms with Crippen LogP contribution in [0.25, 0.3) is 0 Å². The average molecular weight is 340 g/mol. The summed E-state index contributed by atoms with van der Waals surface area (Å²) in [6, 6.07) is 6.38. The number of anilines is 1. The Morgan fingerprint density at radius 2 is 2.20 bits per heavy atom. The van der Waals surface area contributed by atoms with E-state index in [1.165, 1.54) is 5.56 Å². The van der Waals surface area contributed by atoms with E-state index in [0.29, 0.717) is 6.04 Å². The molecule has 5 heteroatoms. The molecular formula is C15H22BrN3O. The van der Waals surface area contributed by atoms with Crippen LogP contribution in [0.2, 0.25) is 0 Å². The standard InChI is InChI=1S/C15H22BrN3O/c1-11-6-7-14(13(16)9-11)17-15(20)19-8-4-5-12(10-19)18(2)3/h6-7,9,12H,4-5,8,10H2,1-3H3,(H,17,20)/t12-/m1/s1. The predicted octanol–water partition coefficient (Wildman–Crippen LogP) is 3.32. The van der Waals surface area contributed by atoms with Gasteiger partial charge in [0.2, 0.25) is 0 Å². The first-order chi connectivity index (χ1) is 9.47. The number of nitrogens with zero attached hydrogens (tertiary/aromatic N) is 2. The zero-order valence-corrected chi connectivity index (χ0v) is 13.9. The molecule has 1 N–H and O–H groups in total. The minimum Gasteiger partial charge on any atom is -0.323 e. The molecule has 1 aromatic carbocycles. The Labute approximate surface area is 129 Å². The molecule has 0 bridgehead atoms. The zero-order valence-electron chi connectivity index (χ0n) is 12.3. The van der Waals surface area contributed by atoms with E-state index in [-0.39, 0.29) is 6.03 Å². The summed E-state index contributed by atoms with van der Waals surface area (Å²) < 4.78 is 0.923. The van der Waals surface area contributed by atoms with Crippen LogP contribution in [0.1, 0.15) is 18.4 Å². The lowest BCUT2D eigenvalue weighted by atomic mass is 10.1. The van der Waals surface area contributed by atoms with E-state index in [0.717, 1.165) is 36.1 Å². The number of nitrogens with one attached hydrogen (secondary N) is 1. The number of halogens is 1. The molecule has 1 aromatic rings. The van der Waals surface area contributed by atoms with Crippen LogP contribution in [0.15, 0.2) is 22.7 Å². The Morgan fingerprint density at radius 3 is 2.85 bits per heavy atom. The minimum atomic E-state index is -0.0129. The van der Waals surface area contributed by atoms with Crippen molar-refractivity contribution in [3.8, 4) is 0 Å². The summed E-state index contributed by atoms with van der Waals surface area (Å²) in [5.41, 5.74) is 1.99. The van der Waals surface area contributed by atoms with Gasteiger partial charge in [-0.1, -0.05) is 6.07 Å². The molecule has 2 amide bonds. The number of piperidine rings is 1. The van der Waals surface area contributed by atoms with Crippen molar-refractivity contribution in [1.82, 2.24) is 9.80 Å². The second kappa shape index (κ2) is 6.59. The third-order valence-electron chi connectivity index (χ3n) is 3.78. The molecular weight excluding hydrogens is 318 g/mol. The van der Waals surface area contributed by atoms with E-state index >= 15 is 0 Å². The van der Waals surface area contributed by atoms with E-state index in [1.54, 1.807) is 0 Å². The number of urea groups is 1. The van der Waals surface area contributed by atoms with E-state index in [1.807, 2.05) is 30.0 Å². The number of hydrogen-bond acceptors (Lipinski definition) is 2. The highest BCUT2D eigenvalue weighted by atomic mass is 79.9. The summed E-state index contributed by atoms with van der Waals surface area (Å²) in [7, 11) is 4.14. The lowest BCUT2D eigenvalue weighted by molar-refractivity contribution is 0.148. The SMILES string of the molecule is Cc1ccc(NC(=O)N2CCC[C@@H](N(C)C)C2)c(Br)c1. The molecule has 0 aliphatic carbocycles. The third-order valence-corrected chi connectivity index (χ3v) is 4.44. The van der Waals surface area contributed by atoms with Gasteiger partial charge in [-0.3, -0.25) is 0 Å². The average Bonchev–Trinajstić information content (AvgIpc) is 2.42. The molecule has 20 heavy (non-hydrogen) atoms. The third kappa shape index (κ3) is 3.73. The monoisotopic (exact) mass is 339 g/mol. The van der Waals surface area contributed by atoms with Gasteiger partial charge in [-0.05, 0) is 67.5 Å². The Bertz CT molecular complexity index is 490. The molecule has 110 valence electrons. The molecule has 0 spiro atoms. The van der Waals surface area contributed by atoms with Crippen LogP contribution in [0.3, 0.4) is 0 Å². The topological polar surface area (TPSA) is 35.6 Å². The normalized spacial score (nSPS) is 19.2. The fraction of sp³-hybridized carbons (Fsp3) is 0.533. The number of likely N-dealkylation sites (N-methyl/N-ethyl adjacent to an activating group) is 1. The van der Waals surface area contributed by atoms with Crippen molar-refractivity contribution in [2.24, 2.45) is 0 Å².